The molecule has 2 aliphatic rings. The second kappa shape index (κ2) is 7.40. The van der Waals surface area contributed by atoms with E-state index in [-0.39, 0.29) is 29.8 Å². The normalized spacial score (nSPS) is 26.0. The molecule has 1 heterocycles. The van der Waals surface area contributed by atoms with Crippen molar-refractivity contribution in [1.82, 2.24) is 4.90 Å². The van der Waals surface area contributed by atoms with Gasteiger partial charge in [-0.2, -0.15) is 0 Å². The number of benzene rings is 1. The van der Waals surface area contributed by atoms with E-state index in [2.05, 4.69) is 9.89 Å². The second-order valence-corrected chi connectivity index (χ2v) is 5.46. The molecule has 0 radical (unpaired) electrons. The van der Waals surface area contributed by atoms with Crippen molar-refractivity contribution in [3.63, 3.8) is 0 Å². The third-order valence-corrected chi connectivity index (χ3v) is 4.10. The van der Waals surface area contributed by atoms with E-state index >= 15 is 0 Å². The van der Waals surface area contributed by atoms with Crippen LogP contribution in [-0.4, -0.2) is 43.2 Å². The van der Waals surface area contributed by atoms with Gasteiger partial charge >= 0.3 is 0 Å². The van der Waals surface area contributed by atoms with Gasteiger partial charge in [-0.3, -0.25) is 0 Å². The van der Waals surface area contributed by atoms with Crippen LogP contribution in [0.2, 0.25) is 0 Å². The molecule has 0 spiro atoms. The molecule has 4 nitrogen and oxygen atoms in total. The first-order valence-electron chi connectivity index (χ1n) is 7.14. The number of rotatable bonds is 2. The van der Waals surface area contributed by atoms with Gasteiger partial charge in [-0.1, -0.05) is 12.1 Å². The Morgan fingerprint density at radius 2 is 1.81 bits per heavy atom. The highest BCUT2D eigenvalue weighted by Gasteiger charge is 2.30. The van der Waals surface area contributed by atoms with Gasteiger partial charge < -0.3 is 15.4 Å². The number of hydrogen-bond donors (Lipinski definition) is 1. The molecule has 116 valence electrons. The minimum absolute atomic E-state index is 0. The smallest absolute Gasteiger partial charge is 0.191 e. The SMILES string of the molecule is I.NC(=NC1CC(c2ccc(F)cc2)C1)N1CCOCC1. The first kappa shape index (κ1) is 16.5. The summed E-state index contributed by atoms with van der Waals surface area (Å²) in [4.78, 5) is 6.67. The van der Waals surface area contributed by atoms with Crippen molar-refractivity contribution in [2.45, 2.75) is 24.8 Å². The maximum Gasteiger partial charge on any atom is 0.191 e. The summed E-state index contributed by atoms with van der Waals surface area (Å²) in [5.41, 5.74) is 7.23. The largest absolute Gasteiger partial charge is 0.378 e. The Balaban J connectivity index is 0.00000161. The van der Waals surface area contributed by atoms with E-state index in [9.17, 15) is 4.39 Å². The number of hydrogen-bond acceptors (Lipinski definition) is 2. The van der Waals surface area contributed by atoms with E-state index in [1.54, 1.807) is 0 Å². The number of aliphatic imine (C=N–C) groups is 1. The molecule has 1 saturated heterocycles. The summed E-state index contributed by atoms with van der Waals surface area (Å²) in [6.07, 6.45) is 1.99. The van der Waals surface area contributed by atoms with Crippen LogP contribution in [0.25, 0.3) is 0 Å². The highest BCUT2D eigenvalue weighted by molar-refractivity contribution is 14.0. The summed E-state index contributed by atoms with van der Waals surface area (Å²) in [5.74, 6) is 0.942. The maximum atomic E-state index is 12.9. The van der Waals surface area contributed by atoms with E-state index in [4.69, 9.17) is 10.5 Å². The molecule has 0 bridgehead atoms. The van der Waals surface area contributed by atoms with Gasteiger partial charge in [-0.15, -0.1) is 24.0 Å². The van der Waals surface area contributed by atoms with Gasteiger partial charge in [0.2, 0.25) is 0 Å². The Morgan fingerprint density at radius 1 is 1.19 bits per heavy atom. The minimum atomic E-state index is -0.181. The Bertz CT molecular complexity index is 482. The number of halogens is 2. The average Bonchev–Trinajstić information content (AvgIpc) is 2.44. The lowest BCUT2D eigenvalue weighted by molar-refractivity contribution is 0.0671. The van der Waals surface area contributed by atoms with Crippen LogP contribution in [0.4, 0.5) is 4.39 Å². The van der Waals surface area contributed by atoms with Crippen molar-refractivity contribution in [3.8, 4) is 0 Å². The predicted molar refractivity (Wildman–Crippen MR) is 91.6 cm³/mol. The molecular weight excluding hydrogens is 384 g/mol. The van der Waals surface area contributed by atoms with Crippen LogP contribution in [-0.2, 0) is 4.74 Å². The number of guanidine groups is 1. The fraction of sp³-hybridized carbons (Fsp3) is 0.533. The predicted octanol–water partition coefficient (Wildman–Crippen LogP) is 2.34. The summed E-state index contributed by atoms with van der Waals surface area (Å²) < 4.78 is 18.2. The van der Waals surface area contributed by atoms with Crippen LogP contribution < -0.4 is 5.73 Å². The molecular formula is C15H21FIN3O. The summed E-state index contributed by atoms with van der Waals surface area (Å²) in [6, 6.07) is 7.08. The number of ether oxygens (including phenoxy) is 1. The molecule has 0 aromatic heterocycles. The van der Waals surface area contributed by atoms with Gasteiger partial charge in [0, 0.05) is 13.1 Å². The molecule has 3 rings (SSSR count). The molecule has 0 unspecified atom stereocenters. The summed E-state index contributed by atoms with van der Waals surface area (Å²) in [5, 5.41) is 0. The number of nitrogens with zero attached hydrogens (tertiary/aromatic N) is 2. The molecule has 2 N–H and O–H groups in total. The van der Waals surface area contributed by atoms with Gasteiger partial charge in [0.25, 0.3) is 0 Å². The Morgan fingerprint density at radius 3 is 2.43 bits per heavy atom. The van der Waals surface area contributed by atoms with Gasteiger partial charge in [0.05, 0.1) is 19.3 Å². The van der Waals surface area contributed by atoms with E-state index in [0.717, 1.165) is 39.1 Å². The zero-order valence-corrected chi connectivity index (χ0v) is 14.2. The van der Waals surface area contributed by atoms with Crippen LogP contribution in [0.3, 0.4) is 0 Å². The van der Waals surface area contributed by atoms with E-state index in [0.29, 0.717) is 17.9 Å². The molecule has 2 fully saturated rings. The molecule has 0 amide bonds. The molecule has 6 heteroatoms. The lowest BCUT2D eigenvalue weighted by Gasteiger charge is -2.35. The summed E-state index contributed by atoms with van der Waals surface area (Å²) in [6.45, 7) is 3.09. The van der Waals surface area contributed by atoms with E-state index < -0.39 is 0 Å². The fourth-order valence-corrected chi connectivity index (χ4v) is 2.76. The van der Waals surface area contributed by atoms with Crippen LogP contribution in [0.5, 0.6) is 0 Å². The topological polar surface area (TPSA) is 50.8 Å². The third-order valence-electron chi connectivity index (χ3n) is 4.10. The van der Waals surface area contributed by atoms with Gasteiger partial charge in [0.1, 0.15) is 5.82 Å². The average molecular weight is 405 g/mol. The monoisotopic (exact) mass is 405 g/mol. The number of nitrogens with two attached hydrogens (primary N) is 1. The fourth-order valence-electron chi connectivity index (χ4n) is 2.76. The van der Waals surface area contributed by atoms with Crippen molar-refractivity contribution in [1.29, 1.82) is 0 Å². The Kier molecular flexibility index (Phi) is 5.80. The van der Waals surface area contributed by atoms with E-state index in [1.807, 2.05) is 12.1 Å². The second-order valence-electron chi connectivity index (χ2n) is 5.46. The van der Waals surface area contributed by atoms with Gasteiger partial charge in [0.15, 0.2) is 5.96 Å². The van der Waals surface area contributed by atoms with Crippen molar-refractivity contribution in [2.24, 2.45) is 10.7 Å². The standard InChI is InChI=1S/C15H20FN3O.HI/c16-13-3-1-11(2-4-13)12-9-14(10-12)18-15(17)19-5-7-20-8-6-19;/h1-4,12,14H,5-10H2,(H2,17,18);1H. The first-order valence-corrected chi connectivity index (χ1v) is 7.14. The highest BCUT2D eigenvalue weighted by atomic mass is 127. The summed E-state index contributed by atoms with van der Waals surface area (Å²) >= 11 is 0. The maximum absolute atomic E-state index is 12.9. The molecule has 1 aromatic carbocycles. The van der Waals surface area contributed by atoms with Crippen molar-refractivity contribution < 1.29 is 9.13 Å². The quantitative estimate of drug-likeness (QED) is 0.467. The van der Waals surface area contributed by atoms with E-state index in [1.165, 1.54) is 17.7 Å². The van der Waals surface area contributed by atoms with Gasteiger partial charge in [-0.05, 0) is 36.5 Å². The molecule has 0 atom stereocenters. The van der Waals surface area contributed by atoms with Crippen molar-refractivity contribution >= 4 is 29.9 Å². The van der Waals surface area contributed by atoms with Crippen LogP contribution in [0, 0.1) is 5.82 Å². The Hall–Kier alpha value is -0.890. The molecule has 1 aliphatic heterocycles. The zero-order chi connectivity index (χ0) is 13.9. The first-order chi connectivity index (χ1) is 9.72. The molecule has 21 heavy (non-hydrogen) atoms. The lowest BCUT2D eigenvalue weighted by Crippen LogP contribution is -2.46. The van der Waals surface area contributed by atoms with Crippen molar-refractivity contribution in [2.75, 3.05) is 26.3 Å². The molecule has 1 aliphatic carbocycles. The summed E-state index contributed by atoms with van der Waals surface area (Å²) in [7, 11) is 0. The van der Waals surface area contributed by atoms with Crippen molar-refractivity contribution in [3.05, 3.63) is 35.6 Å². The van der Waals surface area contributed by atoms with Crippen LogP contribution in [0.15, 0.2) is 29.3 Å². The Labute approximate surface area is 141 Å². The van der Waals surface area contributed by atoms with Crippen LogP contribution in [0.1, 0.15) is 24.3 Å². The lowest BCUT2D eigenvalue weighted by atomic mass is 9.76. The zero-order valence-electron chi connectivity index (χ0n) is 11.9. The minimum Gasteiger partial charge on any atom is -0.378 e. The third kappa shape index (κ3) is 4.06. The molecule has 1 saturated carbocycles. The van der Waals surface area contributed by atoms with Crippen LogP contribution >= 0.6 is 24.0 Å². The highest BCUT2D eigenvalue weighted by Crippen LogP contribution is 2.38. The van der Waals surface area contributed by atoms with Gasteiger partial charge in [-0.25, -0.2) is 9.38 Å². The number of morpholine rings is 1. The molecule has 1 aromatic rings.